The number of amides is 2. The molecule has 0 bridgehead atoms. The van der Waals surface area contributed by atoms with Gasteiger partial charge in [-0.2, -0.15) is 0 Å². The number of carbonyl (C=O) groups is 3. The van der Waals surface area contributed by atoms with Crippen molar-refractivity contribution in [3.05, 3.63) is 29.8 Å². The molecule has 0 heterocycles. The number of rotatable bonds is 6. The molecule has 0 aliphatic heterocycles. The normalized spacial score (nSPS) is 11.3. The molecule has 0 aliphatic rings. The van der Waals surface area contributed by atoms with E-state index in [4.69, 9.17) is 5.11 Å². The first-order valence-electron chi connectivity index (χ1n) is 6.36. The summed E-state index contributed by atoms with van der Waals surface area (Å²) in [6.07, 6.45) is -0.124. The van der Waals surface area contributed by atoms with Gasteiger partial charge in [0.25, 0.3) is 0 Å². The van der Waals surface area contributed by atoms with Gasteiger partial charge in [-0.1, -0.05) is 12.1 Å². The molecular formula is C14H18N2O5. The first-order valence-corrected chi connectivity index (χ1v) is 6.36. The molecule has 21 heavy (non-hydrogen) atoms. The van der Waals surface area contributed by atoms with Crippen molar-refractivity contribution in [2.75, 3.05) is 12.4 Å². The lowest BCUT2D eigenvalue weighted by atomic mass is 10.1. The number of ether oxygens (including phenoxy) is 1. The summed E-state index contributed by atoms with van der Waals surface area (Å²) in [6.45, 7) is 1.87. The Kier molecular flexibility index (Phi) is 6.19. The molecule has 7 heteroatoms. The predicted molar refractivity (Wildman–Crippen MR) is 76.0 cm³/mol. The number of carboxylic acids is 1. The van der Waals surface area contributed by atoms with E-state index < -0.39 is 24.0 Å². The first-order chi connectivity index (χ1) is 9.92. The average molecular weight is 294 g/mol. The Morgan fingerprint density at radius 3 is 2.62 bits per heavy atom. The van der Waals surface area contributed by atoms with Crippen LogP contribution < -0.4 is 10.6 Å². The zero-order valence-electron chi connectivity index (χ0n) is 11.9. The molecule has 7 nitrogen and oxygen atoms in total. The number of nitrogens with one attached hydrogen (secondary N) is 2. The molecule has 0 aromatic heterocycles. The van der Waals surface area contributed by atoms with E-state index in [2.05, 4.69) is 15.4 Å². The van der Waals surface area contributed by atoms with Crippen LogP contribution in [0.2, 0.25) is 0 Å². The second-order valence-corrected chi connectivity index (χ2v) is 4.47. The lowest BCUT2D eigenvalue weighted by molar-refractivity contribution is -0.142. The predicted octanol–water partition coefficient (Wildman–Crippen LogP) is 1.52. The lowest BCUT2D eigenvalue weighted by Gasteiger charge is -2.14. The van der Waals surface area contributed by atoms with Crippen LogP contribution in [0.5, 0.6) is 0 Å². The SMILES string of the molecule is COC(=O)CCC(NC(=O)Nc1cccc(C)c1)C(=O)O. The van der Waals surface area contributed by atoms with Crippen LogP contribution in [-0.4, -0.2) is 36.2 Å². The number of carboxylic acid groups (broad SMARTS) is 1. The Hall–Kier alpha value is -2.57. The Labute approximate surface area is 122 Å². The number of urea groups is 1. The summed E-state index contributed by atoms with van der Waals surface area (Å²) in [4.78, 5) is 33.8. The van der Waals surface area contributed by atoms with Gasteiger partial charge in [0.15, 0.2) is 0 Å². The van der Waals surface area contributed by atoms with Gasteiger partial charge in [-0.25, -0.2) is 9.59 Å². The molecule has 0 saturated carbocycles. The van der Waals surface area contributed by atoms with Crippen molar-refractivity contribution in [1.82, 2.24) is 5.32 Å². The van der Waals surface area contributed by atoms with Crippen molar-refractivity contribution in [2.24, 2.45) is 0 Å². The van der Waals surface area contributed by atoms with Gasteiger partial charge in [0.1, 0.15) is 6.04 Å². The fraction of sp³-hybridized carbons (Fsp3) is 0.357. The average Bonchev–Trinajstić information content (AvgIpc) is 2.42. The molecule has 0 radical (unpaired) electrons. The maximum absolute atomic E-state index is 11.8. The quantitative estimate of drug-likeness (QED) is 0.690. The van der Waals surface area contributed by atoms with Crippen molar-refractivity contribution >= 4 is 23.7 Å². The molecule has 0 aliphatic carbocycles. The van der Waals surface area contributed by atoms with Gasteiger partial charge >= 0.3 is 18.0 Å². The van der Waals surface area contributed by atoms with E-state index in [1.54, 1.807) is 18.2 Å². The van der Waals surface area contributed by atoms with Crippen LogP contribution in [0, 0.1) is 6.92 Å². The van der Waals surface area contributed by atoms with Gasteiger partial charge < -0.3 is 20.5 Å². The summed E-state index contributed by atoms with van der Waals surface area (Å²) < 4.78 is 4.43. The minimum atomic E-state index is -1.21. The van der Waals surface area contributed by atoms with E-state index in [1.807, 2.05) is 13.0 Å². The van der Waals surface area contributed by atoms with Gasteiger partial charge in [0, 0.05) is 12.1 Å². The van der Waals surface area contributed by atoms with Crippen LogP contribution in [-0.2, 0) is 14.3 Å². The number of benzene rings is 1. The highest BCUT2D eigenvalue weighted by Gasteiger charge is 2.21. The molecule has 0 saturated heterocycles. The summed E-state index contributed by atoms with van der Waals surface area (Å²) in [6, 6.07) is 5.29. The van der Waals surface area contributed by atoms with Gasteiger partial charge in [-0.3, -0.25) is 4.79 Å². The van der Waals surface area contributed by atoms with Crippen molar-refractivity contribution < 1.29 is 24.2 Å². The molecule has 1 aromatic rings. The zero-order valence-corrected chi connectivity index (χ0v) is 11.9. The standard InChI is InChI=1S/C14H18N2O5/c1-9-4-3-5-10(8-9)15-14(20)16-11(13(18)19)6-7-12(17)21-2/h3-5,8,11H,6-7H2,1-2H3,(H,18,19)(H2,15,16,20). The number of aryl methyl sites for hydroxylation is 1. The van der Waals surface area contributed by atoms with Crippen molar-refractivity contribution in [3.8, 4) is 0 Å². The van der Waals surface area contributed by atoms with E-state index in [0.29, 0.717) is 5.69 Å². The number of anilines is 1. The zero-order chi connectivity index (χ0) is 15.8. The van der Waals surface area contributed by atoms with Crippen LogP contribution in [0.15, 0.2) is 24.3 Å². The van der Waals surface area contributed by atoms with Crippen molar-refractivity contribution in [3.63, 3.8) is 0 Å². The smallest absolute Gasteiger partial charge is 0.326 e. The number of hydrogen-bond donors (Lipinski definition) is 3. The summed E-state index contributed by atoms with van der Waals surface area (Å²) in [5, 5.41) is 13.9. The van der Waals surface area contributed by atoms with Gasteiger partial charge in [-0.05, 0) is 31.0 Å². The molecule has 3 N–H and O–H groups in total. The summed E-state index contributed by atoms with van der Waals surface area (Å²) in [5.41, 5.74) is 1.53. The van der Waals surface area contributed by atoms with Gasteiger partial charge in [-0.15, -0.1) is 0 Å². The molecule has 1 rings (SSSR count). The second-order valence-electron chi connectivity index (χ2n) is 4.47. The molecule has 0 fully saturated rings. The summed E-state index contributed by atoms with van der Waals surface area (Å²) in [7, 11) is 1.22. The minimum Gasteiger partial charge on any atom is -0.480 e. The molecule has 1 atom stereocenters. The maximum atomic E-state index is 11.8. The van der Waals surface area contributed by atoms with Crippen molar-refractivity contribution in [2.45, 2.75) is 25.8 Å². The fourth-order valence-corrected chi connectivity index (χ4v) is 1.67. The number of methoxy groups -OCH3 is 1. The number of aliphatic carboxylic acids is 1. The molecule has 1 aromatic carbocycles. The largest absolute Gasteiger partial charge is 0.480 e. The highest BCUT2D eigenvalue weighted by Crippen LogP contribution is 2.09. The van der Waals surface area contributed by atoms with Crippen LogP contribution in [0.4, 0.5) is 10.5 Å². The van der Waals surface area contributed by atoms with E-state index >= 15 is 0 Å². The topological polar surface area (TPSA) is 105 Å². The molecular weight excluding hydrogens is 276 g/mol. The maximum Gasteiger partial charge on any atom is 0.326 e. The Morgan fingerprint density at radius 1 is 1.33 bits per heavy atom. The third-order valence-corrected chi connectivity index (χ3v) is 2.74. The van der Waals surface area contributed by atoms with Crippen molar-refractivity contribution in [1.29, 1.82) is 0 Å². The number of esters is 1. The fourth-order valence-electron chi connectivity index (χ4n) is 1.67. The molecule has 114 valence electrons. The lowest BCUT2D eigenvalue weighted by Crippen LogP contribution is -2.43. The Morgan fingerprint density at radius 2 is 2.05 bits per heavy atom. The molecule has 0 spiro atoms. The van der Waals surface area contributed by atoms with Gasteiger partial charge in [0.05, 0.1) is 7.11 Å². The van der Waals surface area contributed by atoms with Gasteiger partial charge in [0.2, 0.25) is 0 Å². The number of carbonyl (C=O) groups excluding carboxylic acids is 2. The van der Waals surface area contributed by atoms with Crippen LogP contribution >= 0.6 is 0 Å². The third kappa shape index (κ3) is 5.94. The minimum absolute atomic E-state index is 0.0384. The third-order valence-electron chi connectivity index (χ3n) is 2.74. The highest BCUT2D eigenvalue weighted by molar-refractivity contribution is 5.92. The van der Waals surface area contributed by atoms with Crippen LogP contribution in [0.25, 0.3) is 0 Å². The van der Waals surface area contributed by atoms with E-state index in [9.17, 15) is 14.4 Å². The second kappa shape index (κ2) is 7.88. The highest BCUT2D eigenvalue weighted by atomic mass is 16.5. The van der Waals surface area contributed by atoms with E-state index in [1.165, 1.54) is 7.11 Å². The molecule has 1 unspecified atom stereocenters. The Bertz CT molecular complexity index is 530. The Balaban J connectivity index is 2.56. The van der Waals surface area contributed by atoms with E-state index in [0.717, 1.165) is 5.56 Å². The summed E-state index contributed by atoms with van der Waals surface area (Å²) in [5.74, 6) is -1.74. The first kappa shape index (κ1) is 16.5. The number of hydrogen-bond acceptors (Lipinski definition) is 4. The van der Waals surface area contributed by atoms with E-state index in [-0.39, 0.29) is 12.8 Å². The monoisotopic (exact) mass is 294 g/mol. The van der Waals surface area contributed by atoms with Crippen LogP contribution in [0.1, 0.15) is 18.4 Å². The molecule has 2 amide bonds. The van der Waals surface area contributed by atoms with Crippen LogP contribution in [0.3, 0.4) is 0 Å². The summed E-state index contributed by atoms with van der Waals surface area (Å²) >= 11 is 0.